The molecular weight excluding hydrogens is 386 g/mol. The van der Waals surface area contributed by atoms with Crippen LogP contribution in [0, 0.1) is 0 Å². The van der Waals surface area contributed by atoms with E-state index in [2.05, 4.69) is 0 Å². The van der Waals surface area contributed by atoms with E-state index in [1.54, 1.807) is 21.6 Å². The number of piperazine rings is 1. The van der Waals surface area contributed by atoms with Crippen molar-refractivity contribution in [3.63, 3.8) is 0 Å². The first-order chi connectivity index (χ1) is 14.2. The van der Waals surface area contributed by atoms with Gasteiger partial charge in [-0.1, -0.05) is 42.5 Å². The van der Waals surface area contributed by atoms with Crippen molar-refractivity contribution in [2.24, 2.45) is 0 Å². The third-order valence-corrected chi connectivity index (χ3v) is 6.61. The lowest BCUT2D eigenvalue weighted by molar-refractivity contribution is -0.128. The van der Waals surface area contributed by atoms with Crippen molar-refractivity contribution in [1.29, 1.82) is 0 Å². The Balaban J connectivity index is 1.45. The third-order valence-electron chi connectivity index (χ3n) is 5.36. The molecule has 150 valence electrons. The first-order valence-electron chi connectivity index (χ1n) is 9.69. The first kappa shape index (κ1) is 19.5. The predicted octanol–water partition coefficient (Wildman–Crippen LogP) is 2.38. The fourth-order valence-electron chi connectivity index (χ4n) is 3.68. The van der Waals surface area contributed by atoms with Crippen LogP contribution < -0.4 is 0 Å². The largest absolute Gasteiger partial charge is 0.342 e. The summed E-state index contributed by atoms with van der Waals surface area (Å²) in [5.41, 5.74) is 2.77. The maximum Gasteiger partial charge on any atom is 0.253 e. The molecule has 3 amide bonds. The number of benzene rings is 2. The Morgan fingerprint density at radius 3 is 2.34 bits per heavy atom. The molecule has 2 aliphatic rings. The van der Waals surface area contributed by atoms with E-state index in [-0.39, 0.29) is 17.2 Å². The lowest BCUT2D eigenvalue weighted by Crippen LogP contribution is -2.48. The van der Waals surface area contributed by atoms with Crippen LogP contribution in [0.5, 0.6) is 0 Å². The summed E-state index contributed by atoms with van der Waals surface area (Å²) in [5, 5.41) is -0.0389. The zero-order chi connectivity index (χ0) is 20.2. The third kappa shape index (κ3) is 4.29. The molecule has 6 nitrogen and oxygen atoms in total. The van der Waals surface area contributed by atoms with Crippen LogP contribution >= 0.6 is 11.8 Å². The molecule has 29 heavy (non-hydrogen) atoms. The van der Waals surface area contributed by atoms with Crippen LogP contribution in [0.1, 0.15) is 26.9 Å². The van der Waals surface area contributed by atoms with Crippen LogP contribution in [0.25, 0.3) is 0 Å². The highest BCUT2D eigenvalue weighted by atomic mass is 32.2. The molecule has 0 N–H and O–H groups in total. The average Bonchev–Trinajstić information content (AvgIpc) is 3.14. The minimum absolute atomic E-state index is 0.0154. The summed E-state index contributed by atoms with van der Waals surface area (Å²) in [5.74, 6) is 0.592. The molecule has 2 fully saturated rings. The highest BCUT2D eigenvalue weighted by Gasteiger charge is 2.33. The molecule has 2 aromatic rings. The molecule has 7 heteroatoms. The van der Waals surface area contributed by atoms with Crippen molar-refractivity contribution in [3.8, 4) is 0 Å². The summed E-state index contributed by atoms with van der Waals surface area (Å²) in [6.45, 7) is 2.83. The van der Waals surface area contributed by atoms with Gasteiger partial charge in [0.1, 0.15) is 5.37 Å². The molecule has 0 bridgehead atoms. The number of rotatable bonds is 5. The summed E-state index contributed by atoms with van der Waals surface area (Å²) in [6, 6.07) is 17.6. The van der Waals surface area contributed by atoms with E-state index in [9.17, 15) is 14.4 Å². The van der Waals surface area contributed by atoms with E-state index in [1.165, 1.54) is 0 Å². The van der Waals surface area contributed by atoms with Crippen LogP contribution in [0.3, 0.4) is 0 Å². The minimum atomic E-state index is -0.0389. The van der Waals surface area contributed by atoms with Gasteiger partial charge in [0.25, 0.3) is 5.91 Å². The molecule has 0 aliphatic carbocycles. The second-order valence-corrected chi connectivity index (χ2v) is 8.29. The maximum atomic E-state index is 12.7. The Hall–Kier alpha value is -2.80. The Bertz CT molecular complexity index is 880. The number of amides is 3. The highest BCUT2D eigenvalue weighted by Crippen LogP contribution is 2.39. The topological polar surface area (TPSA) is 60.9 Å². The predicted molar refractivity (Wildman–Crippen MR) is 112 cm³/mol. The standard InChI is InChI=1S/C22H23N3O3S/c26-16-23-10-12-24(13-11-23)21(28)18-6-8-19(9-7-18)22-25(20(27)15-29-22)14-17-4-2-1-3-5-17/h1-9,16,22H,10-15H2. The molecular formula is C22H23N3O3S. The summed E-state index contributed by atoms with van der Waals surface area (Å²) in [4.78, 5) is 41.3. The average molecular weight is 410 g/mol. The fourth-order valence-corrected chi connectivity index (χ4v) is 4.87. The van der Waals surface area contributed by atoms with E-state index < -0.39 is 0 Å². The van der Waals surface area contributed by atoms with Gasteiger partial charge in [0.2, 0.25) is 12.3 Å². The monoisotopic (exact) mass is 409 g/mol. The molecule has 2 heterocycles. The number of nitrogens with zero attached hydrogens (tertiary/aromatic N) is 3. The number of carbonyl (C=O) groups is 3. The van der Waals surface area contributed by atoms with E-state index in [1.807, 2.05) is 59.5 Å². The Morgan fingerprint density at radius 1 is 1.00 bits per heavy atom. The van der Waals surface area contributed by atoms with Crippen molar-refractivity contribution in [3.05, 3.63) is 71.3 Å². The summed E-state index contributed by atoms with van der Waals surface area (Å²) in [6.07, 6.45) is 0.832. The molecule has 0 saturated carbocycles. The molecule has 2 aliphatic heterocycles. The summed E-state index contributed by atoms with van der Waals surface area (Å²) in [7, 11) is 0. The van der Waals surface area contributed by atoms with Crippen molar-refractivity contribution in [2.45, 2.75) is 11.9 Å². The van der Waals surface area contributed by atoms with E-state index in [0.29, 0.717) is 44.0 Å². The molecule has 0 radical (unpaired) electrons. The zero-order valence-electron chi connectivity index (χ0n) is 16.1. The first-order valence-corrected chi connectivity index (χ1v) is 10.7. The van der Waals surface area contributed by atoms with Gasteiger partial charge in [-0.25, -0.2) is 0 Å². The van der Waals surface area contributed by atoms with Gasteiger partial charge in [-0.2, -0.15) is 0 Å². The second kappa shape index (κ2) is 8.69. The number of hydrogen-bond donors (Lipinski definition) is 0. The second-order valence-electron chi connectivity index (χ2n) is 7.23. The van der Waals surface area contributed by atoms with Gasteiger partial charge in [0.05, 0.1) is 5.75 Å². The van der Waals surface area contributed by atoms with Gasteiger partial charge in [0.15, 0.2) is 0 Å². The van der Waals surface area contributed by atoms with Gasteiger partial charge in [-0.15, -0.1) is 11.8 Å². The van der Waals surface area contributed by atoms with Gasteiger partial charge in [0, 0.05) is 38.3 Å². The van der Waals surface area contributed by atoms with Gasteiger partial charge in [-0.3, -0.25) is 14.4 Å². The maximum absolute atomic E-state index is 12.7. The van der Waals surface area contributed by atoms with Crippen molar-refractivity contribution in [2.75, 3.05) is 31.9 Å². The Kier molecular flexibility index (Phi) is 5.85. The van der Waals surface area contributed by atoms with E-state index >= 15 is 0 Å². The van der Waals surface area contributed by atoms with Crippen molar-refractivity contribution in [1.82, 2.24) is 14.7 Å². The SMILES string of the molecule is O=CN1CCN(C(=O)c2ccc(C3SCC(=O)N3Cc3ccccc3)cc2)CC1. The Morgan fingerprint density at radius 2 is 1.69 bits per heavy atom. The van der Waals surface area contributed by atoms with E-state index in [4.69, 9.17) is 0 Å². The van der Waals surface area contributed by atoms with Crippen molar-refractivity contribution < 1.29 is 14.4 Å². The molecule has 2 saturated heterocycles. The smallest absolute Gasteiger partial charge is 0.253 e. The van der Waals surface area contributed by atoms with Crippen LogP contribution in [0.4, 0.5) is 0 Å². The minimum Gasteiger partial charge on any atom is -0.342 e. The van der Waals surface area contributed by atoms with Crippen LogP contribution in [-0.4, -0.2) is 64.9 Å². The number of thioether (sulfide) groups is 1. The number of carbonyl (C=O) groups excluding carboxylic acids is 3. The molecule has 1 unspecified atom stereocenters. The van der Waals surface area contributed by atoms with E-state index in [0.717, 1.165) is 17.5 Å². The molecule has 0 aromatic heterocycles. The van der Waals surface area contributed by atoms with Gasteiger partial charge >= 0.3 is 0 Å². The summed E-state index contributed by atoms with van der Waals surface area (Å²) >= 11 is 1.62. The van der Waals surface area contributed by atoms with Crippen LogP contribution in [0.2, 0.25) is 0 Å². The molecule has 0 spiro atoms. The van der Waals surface area contributed by atoms with Gasteiger partial charge < -0.3 is 14.7 Å². The molecule has 1 atom stereocenters. The lowest BCUT2D eigenvalue weighted by Gasteiger charge is -2.32. The van der Waals surface area contributed by atoms with Crippen molar-refractivity contribution >= 4 is 30.0 Å². The molecule has 4 rings (SSSR count). The molecule has 2 aromatic carbocycles. The van der Waals surface area contributed by atoms with Gasteiger partial charge in [-0.05, 0) is 23.3 Å². The van der Waals surface area contributed by atoms with Crippen LogP contribution in [0.15, 0.2) is 54.6 Å². The summed E-state index contributed by atoms with van der Waals surface area (Å²) < 4.78 is 0. The quantitative estimate of drug-likeness (QED) is 0.712. The Labute approximate surface area is 174 Å². The zero-order valence-corrected chi connectivity index (χ0v) is 16.9. The fraction of sp³-hybridized carbons (Fsp3) is 0.318. The highest BCUT2D eigenvalue weighted by molar-refractivity contribution is 8.00. The van der Waals surface area contributed by atoms with Crippen LogP contribution in [-0.2, 0) is 16.1 Å². The lowest BCUT2D eigenvalue weighted by atomic mass is 10.1. The number of hydrogen-bond acceptors (Lipinski definition) is 4. The normalized spacial score (nSPS) is 19.5.